The zero-order chi connectivity index (χ0) is 20.6. The van der Waals surface area contributed by atoms with Crippen LogP contribution in [0.2, 0.25) is 0 Å². The minimum Gasteiger partial charge on any atom is -0.357 e. The molecule has 1 saturated heterocycles. The molecule has 4 rings (SSSR count). The number of hydrogen-bond donors (Lipinski definition) is 2. The smallest absolute Gasteiger partial charge is 0.191 e. The molecule has 2 aliphatic rings. The van der Waals surface area contributed by atoms with Crippen LogP contribution in [-0.4, -0.2) is 51.3 Å². The van der Waals surface area contributed by atoms with Crippen LogP contribution < -0.4 is 10.6 Å². The van der Waals surface area contributed by atoms with Crippen molar-refractivity contribution in [3.8, 4) is 0 Å². The number of aromatic nitrogens is 3. The van der Waals surface area contributed by atoms with Crippen LogP contribution in [-0.2, 0) is 26.1 Å². The number of likely N-dealkylation sites (tertiary alicyclic amines) is 1. The highest BCUT2D eigenvalue weighted by molar-refractivity contribution is 14.0. The second-order valence-corrected chi connectivity index (χ2v) is 8.39. The first-order chi connectivity index (χ1) is 14.8. The zero-order valence-corrected chi connectivity index (χ0v) is 20.9. The standard InChI is InChI=1S/C23H35N7.HI/c1-2-24-23(28-21-11-12-22-26-18-27-30(22)17-21)25-15-19-9-5-6-10-20(19)16-29-13-7-3-4-8-14-29;/h5-6,9-10,18,21H,2-4,7-8,11-17H2,1H3,(H2,24,25,28);1H. The summed E-state index contributed by atoms with van der Waals surface area (Å²) >= 11 is 0. The fourth-order valence-electron chi connectivity index (χ4n) is 4.43. The van der Waals surface area contributed by atoms with E-state index in [0.29, 0.717) is 12.6 Å². The predicted octanol–water partition coefficient (Wildman–Crippen LogP) is 3.34. The Hall–Kier alpha value is -1.68. The molecule has 1 aromatic heterocycles. The predicted molar refractivity (Wildman–Crippen MR) is 136 cm³/mol. The van der Waals surface area contributed by atoms with Crippen LogP contribution in [0.1, 0.15) is 56.0 Å². The largest absolute Gasteiger partial charge is 0.357 e. The third kappa shape index (κ3) is 6.90. The molecule has 1 fully saturated rings. The molecule has 2 aromatic rings. The van der Waals surface area contributed by atoms with Gasteiger partial charge < -0.3 is 10.6 Å². The first-order valence-corrected chi connectivity index (χ1v) is 11.5. The number of aliphatic imine (C=N–C) groups is 1. The number of hydrogen-bond acceptors (Lipinski definition) is 4. The molecule has 0 amide bonds. The molecule has 0 radical (unpaired) electrons. The van der Waals surface area contributed by atoms with Gasteiger partial charge in [-0.15, -0.1) is 24.0 Å². The van der Waals surface area contributed by atoms with Crippen molar-refractivity contribution in [2.45, 2.75) is 71.1 Å². The van der Waals surface area contributed by atoms with E-state index in [1.807, 2.05) is 4.68 Å². The summed E-state index contributed by atoms with van der Waals surface area (Å²) in [6, 6.07) is 9.10. The van der Waals surface area contributed by atoms with Crippen LogP contribution in [0.25, 0.3) is 0 Å². The monoisotopic (exact) mass is 537 g/mol. The van der Waals surface area contributed by atoms with Crippen LogP contribution in [0.5, 0.6) is 0 Å². The molecule has 1 aromatic carbocycles. The van der Waals surface area contributed by atoms with Crippen LogP contribution in [0.3, 0.4) is 0 Å². The van der Waals surface area contributed by atoms with Gasteiger partial charge in [-0.1, -0.05) is 37.1 Å². The molecule has 2 aliphatic heterocycles. The molecule has 31 heavy (non-hydrogen) atoms. The van der Waals surface area contributed by atoms with E-state index in [9.17, 15) is 0 Å². The summed E-state index contributed by atoms with van der Waals surface area (Å²) in [6.45, 7) is 7.96. The van der Waals surface area contributed by atoms with Gasteiger partial charge in [0.25, 0.3) is 0 Å². The lowest BCUT2D eigenvalue weighted by Gasteiger charge is -2.25. The highest BCUT2D eigenvalue weighted by Gasteiger charge is 2.20. The first kappa shape index (κ1) is 24.0. The lowest BCUT2D eigenvalue weighted by atomic mass is 10.1. The number of halogens is 1. The summed E-state index contributed by atoms with van der Waals surface area (Å²) in [5.41, 5.74) is 2.73. The van der Waals surface area contributed by atoms with Gasteiger partial charge in [0.15, 0.2) is 5.96 Å². The molecule has 0 aliphatic carbocycles. The highest BCUT2D eigenvalue weighted by atomic mass is 127. The van der Waals surface area contributed by atoms with Crippen molar-refractivity contribution >= 4 is 29.9 Å². The van der Waals surface area contributed by atoms with Gasteiger partial charge in [-0.25, -0.2) is 14.7 Å². The first-order valence-electron chi connectivity index (χ1n) is 11.5. The second-order valence-electron chi connectivity index (χ2n) is 8.39. The van der Waals surface area contributed by atoms with Crippen molar-refractivity contribution in [1.82, 2.24) is 30.3 Å². The molecule has 3 heterocycles. The van der Waals surface area contributed by atoms with E-state index in [2.05, 4.69) is 56.8 Å². The lowest BCUT2D eigenvalue weighted by molar-refractivity contribution is 0.276. The summed E-state index contributed by atoms with van der Waals surface area (Å²) in [5, 5.41) is 11.3. The molecule has 2 N–H and O–H groups in total. The van der Waals surface area contributed by atoms with Gasteiger partial charge >= 0.3 is 0 Å². The number of rotatable bonds is 6. The molecule has 0 spiro atoms. The summed E-state index contributed by atoms with van der Waals surface area (Å²) in [7, 11) is 0. The van der Waals surface area contributed by atoms with Crippen LogP contribution in [0.15, 0.2) is 35.6 Å². The average Bonchev–Trinajstić information content (AvgIpc) is 3.08. The normalized spacial score (nSPS) is 19.8. The van der Waals surface area contributed by atoms with Crippen molar-refractivity contribution in [1.29, 1.82) is 0 Å². The maximum Gasteiger partial charge on any atom is 0.191 e. The summed E-state index contributed by atoms with van der Waals surface area (Å²) < 4.78 is 2.00. The maximum atomic E-state index is 4.92. The van der Waals surface area contributed by atoms with E-state index in [4.69, 9.17) is 4.99 Å². The molecule has 0 saturated carbocycles. The van der Waals surface area contributed by atoms with Gasteiger partial charge in [0, 0.05) is 25.6 Å². The average molecular weight is 537 g/mol. The molecule has 1 unspecified atom stereocenters. The molecule has 0 bridgehead atoms. The fourth-order valence-corrected chi connectivity index (χ4v) is 4.43. The Labute approximate surface area is 203 Å². The molecular weight excluding hydrogens is 501 g/mol. The summed E-state index contributed by atoms with van der Waals surface area (Å²) in [6.07, 6.45) is 9.05. The van der Waals surface area contributed by atoms with Crippen molar-refractivity contribution in [3.63, 3.8) is 0 Å². The van der Waals surface area contributed by atoms with Crippen molar-refractivity contribution in [2.24, 2.45) is 4.99 Å². The lowest BCUT2D eigenvalue weighted by Crippen LogP contribution is -2.47. The highest BCUT2D eigenvalue weighted by Crippen LogP contribution is 2.17. The van der Waals surface area contributed by atoms with Crippen molar-refractivity contribution < 1.29 is 0 Å². The van der Waals surface area contributed by atoms with Gasteiger partial charge in [-0.3, -0.25) is 4.90 Å². The van der Waals surface area contributed by atoms with E-state index in [1.165, 1.54) is 49.9 Å². The minimum atomic E-state index is 0. The third-order valence-electron chi connectivity index (χ3n) is 6.11. The summed E-state index contributed by atoms with van der Waals surface area (Å²) in [5.74, 6) is 1.97. The molecule has 8 heteroatoms. The van der Waals surface area contributed by atoms with E-state index in [1.54, 1.807) is 6.33 Å². The number of nitrogens with one attached hydrogen (secondary N) is 2. The van der Waals surface area contributed by atoms with Gasteiger partial charge in [-0.05, 0) is 50.4 Å². The van der Waals surface area contributed by atoms with Gasteiger partial charge in [0.2, 0.25) is 0 Å². The Bertz CT molecular complexity index is 827. The van der Waals surface area contributed by atoms with Crippen LogP contribution >= 0.6 is 24.0 Å². The van der Waals surface area contributed by atoms with Gasteiger partial charge in [0.05, 0.1) is 13.1 Å². The van der Waals surface area contributed by atoms with Crippen LogP contribution in [0.4, 0.5) is 0 Å². The summed E-state index contributed by atoms with van der Waals surface area (Å²) in [4.78, 5) is 11.9. The molecule has 1 atom stereocenters. The third-order valence-corrected chi connectivity index (χ3v) is 6.11. The van der Waals surface area contributed by atoms with E-state index >= 15 is 0 Å². The number of fused-ring (bicyclic) bond motifs is 1. The Kier molecular flexibility index (Phi) is 9.57. The minimum absolute atomic E-state index is 0. The second kappa shape index (κ2) is 12.4. The quantitative estimate of drug-likeness (QED) is 0.336. The Morgan fingerprint density at radius 1 is 1.13 bits per heavy atom. The van der Waals surface area contributed by atoms with Gasteiger partial charge in [-0.2, -0.15) is 5.10 Å². The van der Waals surface area contributed by atoms with Crippen LogP contribution in [0, 0.1) is 0 Å². The SMILES string of the molecule is CCNC(=NCc1ccccc1CN1CCCCCC1)NC1CCc2ncnn2C1.I. The fraction of sp³-hybridized carbons (Fsp3) is 0.609. The number of benzene rings is 1. The van der Waals surface area contributed by atoms with E-state index in [-0.39, 0.29) is 24.0 Å². The number of guanidine groups is 1. The number of aryl methyl sites for hydroxylation is 1. The zero-order valence-electron chi connectivity index (χ0n) is 18.6. The Morgan fingerprint density at radius 3 is 2.68 bits per heavy atom. The molecule has 7 nitrogen and oxygen atoms in total. The van der Waals surface area contributed by atoms with Gasteiger partial charge in [0.1, 0.15) is 12.2 Å². The Balaban J connectivity index is 0.00000272. The molecule has 170 valence electrons. The van der Waals surface area contributed by atoms with Crippen molar-refractivity contribution in [2.75, 3.05) is 19.6 Å². The maximum absolute atomic E-state index is 4.92. The Morgan fingerprint density at radius 2 is 1.90 bits per heavy atom. The van der Waals surface area contributed by atoms with Crippen molar-refractivity contribution in [3.05, 3.63) is 47.5 Å². The number of nitrogens with zero attached hydrogens (tertiary/aromatic N) is 5. The molecular formula is C23H36IN7. The van der Waals surface area contributed by atoms with E-state index in [0.717, 1.165) is 44.3 Å². The topological polar surface area (TPSA) is 70.4 Å². The van der Waals surface area contributed by atoms with E-state index < -0.39 is 0 Å².